The summed E-state index contributed by atoms with van der Waals surface area (Å²) in [7, 11) is 0. The number of carbonyl (C=O) groups is 1. The number of benzene rings is 1. The second-order valence-corrected chi connectivity index (χ2v) is 5.53. The molecular weight excluding hydrogens is 312 g/mol. The number of Topliss-reactive ketones (excluding diaryl/α,β-unsaturated/α-hetero) is 1. The Labute approximate surface area is 119 Å². The van der Waals surface area contributed by atoms with Gasteiger partial charge in [0.25, 0.3) is 0 Å². The lowest BCUT2D eigenvalue weighted by Gasteiger charge is -2.16. The maximum Gasteiger partial charge on any atom is 0.231 e. The van der Waals surface area contributed by atoms with E-state index in [4.69, 9.17) is 9.47 Å². The summed E-state index contributed by atoms with van der Waals surface area (Å²) in [5.41, 5.74) is 1.44. The van der Waals surface area contributed by atoms with E-state index >= 15 is 0 Å². The van der Waals surface area contributed by atoms with Crippen molar-refractivity contribution in [3.8, 4) is 11.5 Å². The molecule has 1 aromatic rings. The summed E-state index contributed by atoms with van der Waals surface area (Å²) < 4.78 is 11.5. The van der Waals surface area contributed by atoms with Crippen LogP contribution >= 0.6 is 15.9 Å². The molecule has 5 heteroatoms. The first kappa shape index (κ1) is 12.5. The number of fused-ring (bicyclic) bond motifs is 1. The Kier molecular flexibility index (Phi) is 3.22. The lowest BCUT2D eigenvalue weighted by Crippen LogP contribution is -2.13. The number of halogens is 1. The van der Waals surface area contributed by atoms with Gasteiger partial charge in [0.2, 0.25) is 6.79 Å². The Balaban J connectivity index is 1.93. The topological polar surface area (TPSA) is 55.8 Å². The highest BCUT2D eigenvalue weighted by Crippen LogP contribution is 2.38. The van der Waals surface area contributed by atoms with Crippen LogP contribution in [0.5, 0.6) is 11.5 Å². The minimum Gasteiger partial charge on any atom is -0.512 e. The molecule has 1 heterocycles. The van der Waals surface area contributed by atoms with Crippen LogP contribution in [0, 0.1) is 0 Å². The highest BCUT2D eigenvalue weighted by atomic mass is 79.9. The van der Waals surface area contributed by atoms with Gasteiger partial charge in [-0.2, -0.15) is 0 Å². The van der Waals surface area contributed by atoms with Gasteiger partial charge in [-0.25, -0.2) is 0 Å². The predicted octanol–water partition coefficient (Wildman–Crippen LogP) is 3.29. The first-order valence-corrected chi connectivity index (χ1v) is 6.96. The van der Waals surface area contributed by atoms with Crippen molar-refractivity contribution in [1.29, 1.82) is 0 Å². The van der Waals surface area contributed by atoms with Crippen LogP contribution in [-0.4, -0.2) is 17.7 Å². The number of ketones is 1. The molecule has 0 bridgehead atoms. The Morgan fingerprint density at radius 1 is 1.21 bits per heavy atom. The Bertz CT molecular complexity index is 577. The van der Waals surface area contributed by atoms with Crippen LogP contribution in [0.25, 0.3) is 0 Å². The minimum atomic E-state index is 0.0355. The van der Waals surface area contributed by atoms with Gasteiger partial charge >= 0.3 is 0 Å². The van der Waals surface area contributed by atoms with Crippen LogP contribution < -0.4 is 9.47 Å². The van der Waals surface area contributed by atoms with E-state index in [1.807, 2.05) is 12.1 Å². The van der Waals surface area contributed by atoms with E-state index in [-0.39, 0.29) is 18.3 Å². The molecule has 0 radical (unpaired) electrons. The fourth-order valence-electron chi connectivity index (χ4n) is 2.36. The first-order valence-electron chi connectivity index (χ1n) is 6.17. The third kappa shape index (κ3) is 2.34. The molecule has 1 aliphatic carbocycles. The number of allylic oxidation sites excluding steroid dienone is 2. The molecule has 1 N–H and O–H groups in total. The standard InChI is InChI=1S/C14H13BrO4/c15-10-6-14-13(18-7-19-14)5-8(10)4-9-11(16)2-1-3-12(9)17/h5-6,16H,1-4,7H2. The third-order valence-corrected chi connectivity index (χ3v) is 4.15. The summed E-state index contributed by atoms with van der Waals surface area (Å²) in [4.78, 5) is 11.9. The lowest BCUT2D eigenvalue weighted by atomic mass is 9.91. The van der Waals surface area contributed by atoms with E-state index in [9.17, 15) is 9.90 Å². The van der Waals surface area contributed by atoms with Gasteiger partial charge in [-0.3, -0.25) is 4.79 Å². The first-order chi connectivity index (χ1) is 9.15. The molecule has 0 amide bonds. The van der Waals surface area contributed by atoms with E-state index in [0.29, 0.717) is 36.3 Å². The number of aliphatic hydroxyl groups is 1. The van der Waals surface area contributed by atoms with Crippen molar-refractivity contribution in [2.24, 2.45) is 0 Å². The quantitative estimate of drug-likeness (QED) is 0.907. The average molecular weight is 325 g/mol. The third-order valence-electron chi connectivity index (χ3n) is 3.41. The molecule has 0 atom stereocenters. The molecule has 2 aliphatic rings. The summed E-state index contributed by atoms with van der Waals surface area (Å²) in [5, 5.41) is 9.87. The fourth-order valence-corrected chi connectivity index (χ4v) is 2.83. The molecule has 4 nitrogen and oxygen atoms in total. The summed E-state index contributed by atoms with van der Waals surface area (Å²) >= 11 is 3.47. The Morgan fingerprint density at radius 2 is 1.95 bits per heavy atom. The van der Waals surface area contributed by atoms with E-state index in [2.05, 4.69) is 15.9 Å². The molecule has 0 unspecified atom stereocenters. The second kappa shape index (κ2) is 4.89. The predicted molar refractivity (Wildman–Crippen MR) is 72.5 cm³/mol. The smallest absolute Gasteiger partial charge is 0.231 e. The maximum absolute atomic E-state index is 11.9. The summed E-state index contributed by atoms with van der Waals surface area (Å²) in [6.07, 6.45) is 2.25. The molecule has 0 saturated carbocycles. The highest BCUT2D eigenvalue weighted by molar-refractivity contribution is 9.10. The number of hydrogen-bond acceptors (Lipinski definition) is 4. The van der Waals surface area contributed by atoms with E-state index in [1.54, 1.807) is 0 Å². The summed E-state index contributed by atoms with van der Waals surface area (Å²) in [5.74, 6) is 1.64. The van der Waals surface area contributed by atoms with Crippen molar-refractivity contribution in [2.45, 2.75) is 25.7 Å². The molecule has 0 aromatic heterocycles. The van der Waals surface area contributed by atoms with Gasteiger partial charge in [0.1, 0.15) is 0 Å². The van der Waals surface area contributed by atoms with Crippen molar-refractivity contribution in [1.82, 2.24) is 0 Å². The van der Waals surface area contributed by atoms with Gasteiger partial charge < -0.3 is 14.6 Å². The molecule has 0 saturated heterocycles. The average Bonchev–Trinajstić information content (AvgIpc) is 2.81. The van der Waals surface area contributed by atoms with Gasteiger partial charge in [0.15, 0.2) is 17.3 Å². The van der Waals surface area contributed by atoms with Crippen molar-refractivity contribution >= 4 is 21.7 Å². The number of ether oxygens (including phenoxy) is 2. The van der Waals surface area contributed by atoms with Crippen LogP contribution in [-0.2, 0) is 11.2 Å². The SMILES string of the molecule is O=C1CCCC(O)=C1Cc1cc2c(cc1Br)OCO2. The number of rotatable bonds is 2. The molecular formula is C14H13BrO4. The zero-order valence-corrected chi connectivity index (χ0v) is 11.8. The molecule has 0 spiro atoms. The second-order valence-electron chi connectivity index (χ2n) is 4.68. The van der Waals surface area contributed by atoms with Gasteiger partial charge in [-0.1, -0.05) is 15.9 Å². The van der Waals surface area contributed by atoms with Crippen LogP contribution in [0.4, 0.5) is 0 Å². The van der Waals surface area contributed by atoms with Crippen molar-refractivity contribution in [3.63, 3.8) is 0 Å². The lowest BCUT2D eigenvalue weighted by molar-refractivity contribution is -0.116. The molecule has 19 heavy (non-hydrogen) atoms. The molecule has 1 aromatic carbocycles. The van der Waals surface area contributed by atoms with Crippen molar-refractivity contribution in [3.05, 3.63) is 33.5 Å². The van der Waals surface area contributed by atoms with Crippen LogP contribution in [0.1, 0.15) is 24.8 Å². The van der Waals surface area contributed by atoms with Crippen LogP contribution in [0.2, 0.25) is 0 Å². The monoisotopic (exact) mass is 324 g/mol. The zero-order chi connectivity index (χ0) is 13.4. The van der Waals surface area contributed by atoms with Gasteiger partial charge in [-0.15, -0.1) is 0 Å². The van der Waals surface area contributed by atoms with Gasteiger partial charge in [-0.05, 0) is 24.1 Å². The summed E-state index contributed by atoms with van der Waals surface area (Å²) in [6.45, 7) is 0.220. The van der Waals surface area contributed by atoms with Crippen LogP contribution in [0.3, 0.4) is 0 Å². The van der Waals surface area contributed by atoms with Gasteiger partial charge in [0, 0.05) is 29.3 Å². The Morgan fingerprint density at radius 3 is 2.68 bits per heavy atom. The maximum atomic E-state index is 11.9. The molecule has 1 aliphatic heterocycles. The minimum absolute atomic E-state index is 0.0355. The number of hydrogen-bond donors (Lipinski definition) is 1. The largest absolute Gasteiger partial charge is 0.512 e. The fraction of sp³-hybridized carbons (Fsp3) is 0.357. The molecule has 100 valence electrons. The normalized spacial score (nSPS) is 18.1. The van der Waals surface area contributed by atoms with Gasteiger partial charge in [0.05, 0.1) is 5.76 Å². The zero-order valence-electron chi connectivity index (χ0n) is 10.2. The number of aliphatic hydroxyl groups excluding tert-OH is 1. The Hall–Kier alpha value is -1.49. The highest BCUT2D eigenvalue weighted by Gasteiger charge is 2.23. The van der Waals surface area contributed by atoms with Crippen LogP contribution in [0.15, 0.2) is 27.9 Å². The molecule has 3 rings (SSSR count). The van der Waals surface area contributed by atoms with Crippen molar-refractivity contribution in [2.75, 3.05) is 6.79 Å². The van der Waals surface area contributed by atoms with E-state index in [0.717, 1.165) is 16.5 Å². The van der Waals surface area contributed by atoms with Crippen molar-refractivity contribution < 1.29 is 19.4 Å². The summed E-state index contributed by atoms with van der Waals surface area (Å²) in [6, 6.07) is 3.69. The van der Waals surface area contributed by atoms with E-state index < -0.39 is 0 Å². The molecule has 0 fully saturated rings. The van der Waals surface area contributed by atoms with E-state index in [1.165, 1.54) is 0 Å². The number of carbonyl (C=O) groups excluding carboxylic acids is 1.